The maximum Gasteiger partial charge on any atom is 0.191 e. The monoisotopic (exact) mass is 366 g/mol. The van der Waals surface area contributed by atoms with Crippen LogP contribution in [0.5, 0.6) is 5.75 Å². The first-order chi connectivity index (χ1) is 12.7. The van der Waals surface area contributed by atoms with E-state index >= 15 is 0 Å². The van der Waals surface area contributed by atoms with Gasteiger partial charge in [-0.25, -0.2) is 0 Å². The smallest absolute Gasteiger partial charge is 0.191 e. The van der Waals surface area contributed by atoms with Crippen LogP contribution < -0.4 is 4.74 Å². The number of pyridine rings is 1. The van der Waals surface area contributed by atoms with E-state index in [1.807, 2.05) is 18.2 Å². The number of rotatable bonds is 8. The van der Waals surface area contributed by atoms with E-state index in [0.717, 1.165) is 33.6 Å². The van der Waals surface area contributed by atoms with Crippen LogP contribution in [0.2, 0.25) is 0 Å². The zero-order valence-corrected chi connectivity index (χ0v) is 15.9. The highest BCUT2D eigenvalue weighted by Gasteiger charge is 2.13. The zero-order chi connectivity index (χ0) is 18.4. The van der Waals surface area contributed by atoms with Crippen molar-refractivity contribution in [1.82, 2.24) is 19.7 Å². The summed E-state index contributed by atoms with van der Waals surface area (Å²) < 4.78 is 7.98. The predicted molar refractivity (Wildman–Crippen MR) is 106 cm³/mol. The third-order valence-electron chi connectivity index (χ3n) is 3.88. The minimum atomic E-state index is 0.612. The van der Waals surface area contributed by atoms with Crippen LogP contribution in [-0.2, 0) is 6.54 Å². The SMILES string of the molecule is C=CCn1c(SCCOc2cc(C)ccc2C)nnc1-c1ccncc1. The molecule has 2 heterocycles. The van der Waals surface area contributed by atoms with E-state index in [4.69, 9.17) is 4.74 Å². The highest BCUT2D eigenvalue weighted by atomic mass is 32.2. The van der Waals surface area contributed by atoms with Crippen LogP contribution in [0.4, 0.5) is 0 Å². The van der Waals surface area contributed by atoms with Crippen molar-refractivity contribution in [2.75, 3.05) is 12.4 Å². The van der Waals surface area contributed by atoms with Crippen molar-refractivity contribution in [3.63, 3.8) is 0 Å². The van der Waals surface area contributed by atoms with Gasteiger partial charge in [0.15, 0.2) is 11.0 Å². The molecule has 5 nitrogen and oxygen atoms in total. The summed E-state index contributed by atoms with van der Waals surface area (Å²) in [6.07, 6.45) is 5.37. The van der Waals surface area contributed by atoms with Crippen LogP contribution in [0.1, 0.15) is 11.1 Å². The Morgan fingerprint density at radius 1 is 1.15 bits per heavy atom. The summed E-state index contributed by atoms with van der Waals surface area (Å²) in [7, 11) is 0. The number of aromatic nitrogens is 4. The topological polar surface area (TPSA) is 52.8 Å². The van der Waals surface area contributed by atoms with Gasteiger partial charge >= 0.3 is 0 Å². The molecule has 1 aromatic carbocycles. The molecule has 0 spiro atoms. The van der Waals surface area contributed by atoms with Gasteiger partial charge in [0, 0.05) is 30.3 Å². The molecule has 0 unspecified atom stereocenters. The number of nitrogens with zero attached hydrogens (tertiary/aromatic N) is 4. The first-order valence-corrected chi connectivity index (χ1v) is 9.45. The molecule has 6 heteroatoms. The van der Waals surface area contributed by atoms with Gasteiger partial charge in [-0.3, -0.25) is 9.55 Å². The maximum absolute atomic E-state index is 5.92. The number of hydrogen-bond donors (Lipinski definition) is 0. The summed E-state index contributed by atoms with van der Waals surface area (Å²) in [6.45, 7) is 9.24. The first kappa shape index (κ1) is 18.2. The van der Waals surface area contributed by atoms with E-state index in [-0.39, 0.29) is 0 Å². The molecule has 26 heavy (non-hydrogen) atoms. The molecule has 0 bridgehead atoms. The van der Waals surface area contributed by atoms with E-state index < -0.39 is 0 Å². The van der Waals surface area contributed by atoms with Crippen molar-refractivity contribution in [3.05, 3.63) is 66.5 Å². The third-order valence-corrected chi connectivity index (χ3v) is 4.81. The molecule has 134 valence electrons. The Morgan fingerprint density at radius 3 is 2.73 bits per heavy atom. The van der Waals surface area contributed by atoms with E-state index in [1.165, 1.54) is 5.56 Å². The molecule has 2 aromatic heterocycles. The van der Waals surface area contributed by atoms with Crippen molar-refractivity contribution in [3.8, 4) is 17.1 Å². The largest absolute Gasteiger partial charge is 0.492 e. The van der Waals surface area contributed by atoms with Crippen molar-refractivity contribution >= 4 is 11.8 Å². The van der Waals surface area contributed by atoms with Gasteiger partial charge in [0.05, 0.1) is 6.61 Å². The van der Waals surface area contributed by atoms with Crippen molar-refractivity contribution in [1.29, 1.82) is 0 Å². The van der Waals surface area contributed by atoms with Gasteiger partial charge in [-0.1, -0.05) is 30.0 Å². The van der Waals surface area contributed by atoms with Crippen molar-refractivity contribution in [2.24, 2.45) is 0 Å². The normalized spacial score (nSPS) is 10.7. The molecule has 0 amide bonds. The number of allylic oxidation sites excluding steroid dienone is 1. The second kappa shape index (κ2) is 8.67. The summed E-state index contributed by atoms with van der Waals surface area (Å²) in [4.78, 5) is 4.06. The molecular formula is C20H22N4OS. The summed E-state index contributed by atoms with van der Waals surface area (Å²) in [5.41, 5.74) is 3.34. The molecular weight excluding hydrogens is 344 g/mol. The third kappa shape index (κ3) is 4.32. The highest BCUT2D eigenvalue weighted by Crippen LogP contribution is 2.24. The Morgan fingerprint density at radius 2 is 1.96 bits per heavy atom. The molecule has 0 fully saturated rings. The lowest BCUT2D eigenvalue weighted by Gasteiger charge is -2.10. The lowest BCUT2D eigenvalue weighted by atomic mass is 10.1. The summed E-state index contributed by atoms with van der Waals surface area (Å²) in [6, 6.07) is 10.1. The summed E-state index contributed by atoms with van der Waals surface area (Å²) in [5, 5.41) is 9.55. The highest BCUT2D eigenvalue weighted by molar-refractivity contribution is 7.99. The lowest BCUT2D eigenvalue weighted by Crippen LogP contribution is -2.04. The quantitative estimate of drug-likeness (QED) is 0.338. The Labute approximate surface area is 158 Å². The van der Waals surface area contributed by atoms with Crippen molar-refractivity contribution < 1.29 is 4.74 Å². The van der Waals surface area contributed by atoms with Crippen LogP contribution in [0.3, 0.4) is 0 Å². The fraction of sp³-hybridized carbons (Fsp3) is 0.250. The fourth-order valence-electron chi connectivity index (χ4n) is 2.55. The molecule has 0 aliphatic heterocycles. The molecule has 0 aliphatic rings. The average Bonchev–Trinajstić information content (AvgIpc) is 3.05. The Hall–Kier alpha value is -2.60. The minimum absolute atomic E-state index is 0.612. The molecule has 0 atom stereocenters. The molecule has 0 saturated heterocycles. The molecule has 3 rings (SSSR count). The van der Waals surface area contributed by atoms with Gasteiger partial charge in [0.1, 0.15) is 5.75 Å². The first-order valence-electron chi connectivity index (χ1n) is 8.46. The second-order valence-corrected chi connectivity index (χ2v) is 6.97. The standard InChI is InChI=1S/C20H22N4OS/c1-4-11-24-19(17-7-9-21-10-8-17)22-23-20(24)26-13-12-25-18-14-15(2)5-6-16(18)3/h4-10,14H,1,11-13H2,2-3H3. The molecule has 3 aromatic rings. The van der Waals surface area contributed by atoms with Gasteiger partial charge in [-0.05, 0) is 43.2 Å². The predicted octanol–water partition coefficient (Wildman–Crippen LogP) is 4.31. The lowest BCUT2D eigenvalue weighted by molar-refractivity contribution is 0.341. The average molecular weight is 366 g/mol. The number of hydrogen-bond acceptors (Lipinski definition) is 5. The molecule has 0 radical (unpaired) electrons. The Kier molecular flexibility index (Phi) is 6.07. The number of aryl methyl sites for hydroxylation is 2. The number of ether oxygens (including phenoxy) is 1. The van der Waals surface area contributed by atoms with Crippen LogP contribution in [0.15, 0.2) is 60.5 Å². The fourth-order valence-corrected chi connectivity index (χ4v) is 3.32. The Bertz CT molecular complexity index is 877. The molecule has 0 aliphatic carbocycles. The number of benzene rings is 1. The summed E-state index contributed by atoms with van der Waals surface area (Å²) in [5.74, 6) is 2.56. The van der Waals surface area contributed by atoms with Crippen LogP contribution >= 0.6 is 11.8 Å². The molecule has 0 N–H and O–H groups in total. The minimum Gasteiger partial charge on any atom is -0.492 e. The van der Waals surface area contributed by atoms with E-state index in [0.29, 0.717) is 13.2 Å². The maximum atomic E-state index is 5.92. The van der Waals surface area contributed by atoms with E-state index in [9.17, 15) is 0 Å². The van der Waals surface area contributed by atoms with E-state index in [1.54, 1.807) is 24.2 Å². The van der Waals surface area contributed by atoms with Crippen LogP contribution in [0, 0.1) is 13.8 Å². The van der Waals surface area contributed by atoms with Gasteiger partial charge in [-0.15, -0.1) is 16.8 Å². The van der Waals surface area contributed by atoms with Crippen LogP contribution in [-0.4, -0.2) is 32.1 Å². The van der Waals surface area contributed by atoms with Gasteiger partial charge in [0.2, 0.25) is 0 Å². The number of thioether (sulfide) groups is 1. The second-order valence-electron chi connectivity index (χ2n) is 5.91. The Balaban J connectivity index is 1.65. The van der Waals surface area contributed by atoms with Crippen molar-refractivity contribution in [2.45, 2.75) is 25.5 Å². The van der Waals surface area contributed by atoms with E-state index in [2.05, 4.69) is 58.4 Å². The zero-order valence-electron chi connectivity index (χ0n) is 15.1. The summed E-state index contributed by atoms with van der Waals surface area (Å²) >= 11 is 1.63. The van der Waals surface area contributed by atoms with Gasteiger partial charge in [-0.2, -0.15) is 0 Å². The van der Waals surface area contributed by atoms with Gasteiger partial charge < -0.3 is 4.74 Å². The van der Waals surface area contributed by atoms with Crippen LogP contribution in [0.25, 0.3) is 11.4 Å². The van der Waals surface area contributed by atoms with Gasteiger partial charge in [0.25, 0.3) is 0 Å². The molecule has 0 saturated carbocycles.